The molecule has 31 heavy (non-hydrogen) atoms. The summed E-state index contributed by atoms with van der Waals surface area (Å²) >= 11 is 0. The van der Waals surface area contributed by atoms with E-state index in [2.05, 4.69) is 5.32 Å². The zero-order chi connectivity index (χ0) is 23.2. The molecule has 0 fully saturated rings. The van der Waals surface area contributed by atoms with Crippen molar-refractivity contribution in [3.8, 4) is 0 Å². The first kappa shape index (κ1) is 24.0. The number of benzene rings is 2. The van der Waals surface area contributed by atoms with E-state index in [1.165, 1.54) is 30.3 Å². The van der Waals surface area contributed by atoms with Gasteiger partial charge in [-0.2, -0.15) is 26.3 Å². The summed E-state index contributed by atoms with van der Waals surface area (Å²) in [6.07, 6.45) is -6.78. The average Bonchev–Trinajstić information content (AvgIpc) is 2.69. The Morgan fingerprint density at radius 3 is 2.10 bits per heavy atom. The molecule has 0 bridgehead atoms. The number of likely N-dealkylation sites (N-methyl/N-ethyl adjacent to an activating group) is 1. The number of anilines is 1. The Morgan fingerprint density at radius 1 is 0.935 bits per heavy atom. The maximum absolute atomic E-state index is 13.0. The van der Waals surface area contributed by atoms with Crippen LogP contribution in [0, 0.1) is 0 Å². The lowest BCUT2D eigenvalue weighted by Crippen LogP contribution is -2.37. The molecular formula is C21H18F6N2O2. The van der Waals surface area contributed by atoms with Crippen molar-refractivity contribution in [1.29, 1.82) is 0 Å². The number of hydrogen-bond acceptors (Lipinski definition) is 2. The van der Waals surface area contributed by atoms with E-state index < -0.39 is 47.5 Å². The van der Waals surface area contributed by atoms with Crippen LogP contribution in [0.25, 0.3) is 6.08 Å². The highest BCUT2D eigenvalue weighted by Gasteiger charge is 2.33. The number of nitrogens with one attached hydrogen (secondary N) is 1. The van der Waals surface area contributed by atoms with Gasteiger partial charge >= 0.3 is 12.4 Å². The van der Waals surface area contributed by atoms with Crippen LogP contribution in [-0.2, 0) is 21.9 Å². The second-order valence-electron chi connectivity index (χ2n) is 6.40. The van der Waals surface area contributed by atoms with Crippen LogP contribution in [0.3, 0.4) is 0 Å². The number of amides is 2. The van der Waals surface area contributed by atoms with Gasteiger partial charge in [-0.25, -0.2) is 0 Å². The molecule has 4 nitrogen and oxygen atoms in total. The molecule has 0 aliphatic carbocycles. The highest BCUT2D eigenvalue weighted by atomic mass is 19.4. The topological polar surface area (TPSA) is 49.4 Å². The summed E-state index contributed by atoms with van der Waals surface area (Å²) < 4.78 is 76.8. The van der Waals surface area contributed by atoms with Crippen LogP contribution >= 0.6 is 0 Å². The average molecular weight is 444 g/mol. The zero-order valence-electron chi connectivity index (χ0n) is 16.2. The lowest BCUT2D eigenvalue weighted by atomic mass is 10.1. The molecule has 1 N–H and O–H groups in total. The summed E-state index contributed by atoms with van der Waals surface area (Å²) in [7, 11) is 0. The van der Waals surface area contributed by atoms with Crippen molar-refractivity contribution >= 4 is 23.6 Å². The Balaban J connectivity index is 2.03. The number of rotatable bonds is 6. The Morgan fingerprint density at radius 2 is 1.55 bits per heavy atom. The molecule has 2 rings (SSSR count). The zero-order valence-corrected chi connectivity index (χ0v) is 16.2. The molecule has 2 amide bonds. The van der Waals surface area contributed by atoms with E-state index in [9.17, 15) is 35.9 Å². The van der Waals surface area contributed by atoms with Crippen LogP contribution in [0.1, 0.15) is 23.6 Å². The van der Waals surface area contributed by atoms with Crippen LogP contribution in [-0.4, -0.2) is 29.8 Å². The maximum atomic E-state index is 13.0. The molecule has 0 spiro atoms. The van der Waals surface area contributed by atoms with Crippen LogP contribution in [0.4, 0.5) is 32.0 Å². The smallest absolute Gasteiger partial charge is 0.330 e. The van der Waals surface area contributed by atoms with Crippen molar-refractivity contribution in [3.63, 3.8) is 0 Å². The van der Waals surface area contributed by atoms with Crippen molar-refractivity contribution in [1.82, 2.24) is 4.90 Å². The molecule has 0 unspecified atom stereocenters. The van der Waals surface area contributed by atoms with E-state index in [1.807, 2.05) is 0 Å². The Bertz CT molecular complexity index is 950. The van der Waals surface area contributed by atoms with E-state index in [0.717, 1.165) is 35.2 Å². The first-order valence-corrected chi connectivity index (χ1v) is 9.02. The van der Waals surface area contributed by atoms with Gasteiger partial charge in [-0.15, -0.1) is 0 Å². The van der Waals surface area contributed by atoms with Gasteiger partial charge in [-0.1, -0.05) is 24.3 Å². The number of alkyl halides is 6. The second kappa shape index (κ2) is 9.67. The number of halogens is 6. The molecular weight excluding hydrogens is 426 g/mol. The molecule has 0 heterocycles. The maximum Gasteiger partial charge on any atom is 0.418 e. The minimum absolute atomic E-state index is 0.0878. The predicted octanol–water partition coefficient (Wildman–Crippen LogP) is 5.22. The van der Waals surface area contributed by atoms with Crippen LogP contribution in [0.5, 0.6) is 0 Å². The quantitative estimate of drug-likeness (QED) is 0.490. The van der Waals surface area contributed by atoms with Crippen LogP contribution < -0.4 is 5.32 Å². The summed E-state index contributed by atoms with van der Waals surface area (Å²) in [4.78, 5) is 25.5. The lowest BCUT2D eigenvalue weighted by molar-refractivity contribution is -0.138. The standard InChI is InChI=1S/C21H18F6N2O2/c1-2-29(13-18(30)28-17-6-4-3-5-16(17)21(25,26)27)19(31)12-9-14-7-10-15(11-8-14)20(22,23)24/h3-12H,2,13H2,1H3,(H,28,30)/b12-9+. The SMILES string of the molecule is CCN(CC(=O)Nc1ccccc1C(F)(F)F)C(=O)/C=C/c1ccc(C(F)(F)F)cc1. The van der Waals surface area contributed by atoms with Gasteiger partial charge in [-0.3, -0.25) is 9.59 Å². The number of nitrogens with zero attached hydrogens (tertiary/aromatic N) is 1. The van der Waals surface area contributed by atoms with Gasteiger partial charge in [0.05, 0.1) is 16.8 Å². The van der Waals surface area contributed by atoms with Gasteiger partial charge in [-0.05, 0) is 42.8 Å². The number of carbonyl (C=O) groups is 2. The third kappa shape index (κ3) is 6.87. The van der Waals surface area contributed by atoms with Crippen molar-refractivity contribution in [2.75, 3.05) is 18.4 Å². The minimum Gasteiger partial charge on any atom is -0.330 e. The Hall–Kier alpha value is -3.30. The van der Waals surface area contributed by atoms with Crippen LogP contribution in [0.2, 0.25) is 0 Å². The van der Waals surface area contributed by atoms with E-state index in [4.69, 9.17) is 0 Å². The Labute approximate surface area is 174 Å². The summed E-state index contributed by atoms with van der Waals surface area (Å²) in [5.74, 6) is -1.45. The fourth-order valence-electron chi connectivity index (χ4n) is 2.60. The van der Waals surface area contributed by atoms with Crippen molar-refractivity contribution in [2.24, 2.45) is 0 Å². The summed E-state index contributed by atoms with van der Waals surface area (Å²) in [6, 6.07) is 8.55. The normalized spacial score (nSPS) is 12.1. The monoisotopic (exact) mass is 444 g/mol. The molecule has 0 aliphatic heterocycles. The fourth-order valence-corrected chi connectivity index (χ4v) is 2.60. The van der Waals surface area contributed by atoms with Gasteiger partial charge in [0, 0.05) is 12.6 Å². The summed E-state index contributed by atoms with van der Waals surface area (Å²) in [6.45, 7) is 1.16. The molecule has 2 aromatic carbocycles. The second-order valence-corrected chi connectivity index (χ2v) is 6.40. The molecule has 166 valence electrons. The third-order valence-corrected chi connectivity index (χ3v) is 4.19. The van der Waals surface area contributed by atoms with Gasteiger partial charge in [0.15, 0.2) is 0 Å². The predicted molar refractivity (Wildman–Crippen MR) is 103 cm³/mol. The first-order valence-electron chi connectivity index (χ1n) is 9.02. The van der Waals surface area contributed by atoms with Crippen molar-refractivity contribution < 1.29 is 35.9 Å². The van der Waals surface area contributed by atoms with Crippen LogP contribution in [0.15, 0.2) is 54.6 Å². The number of para-hydroxylation sites is 1. The van der Waals surface area contributed by atoms with Crippen molar-refractivity contribution in [2.45, 2.75) is 19.3 Å². The summed E-state index contributed by atoms with van der Waals surface area (Å²) in [5.41, 5.74) is -1.94. The molecule has 0 aliphatic rings. The van der Waals surface area contributed by atoms with E-state index >= 15 is 0 Å². The van der Waals surface area contributed by atoms with Gasteiger partial charge in [0.2, 0.25) is 11.8 Å². The molecule has 0 radical (unpaired) electrons. The Kier molecular flexibility index (Phi) is 7.48. The van der Waals surface area contributed by atoms with Gasteiger partial charge in [0.1, 0.15) is 6.54 Å². The highest BCUT2D eigenvalue weighted by Crippen LogP contribution is 2.34. The third-order valence-electron chi connectivity index (χ3n) is 4.19. The molecule has 0 aromatic heterocycles. The van der Waals surface area contributed by atoms with Gasteiger partial charge < -0.3 is 10.2 Å². The highest BCUT2D eigenvalue weighted by molar-refractivity contribution is 5.98. The molecule has 0 saturated carbocycles. The number of hydrogen-bond donors (Lipinski definition) is 1. The molecule has 2 aromatic rings. The minimum atomic E-state index is -4.66. The lowest BCUT2D eigenvalue weighted by Gasteiger charge is -2.19. The van der Waals surface area contributed by atoms with Gasteiger partial charge in [0.25, 0.3) is 0 Å². The number of carbonyl (C=O) groups excluding carboxylic acids is 2. The fraction of sp³-hybridized carbons (Fsp3) is 0.238. The first-order chi connectivity index (χ1) is 14.4. The van der Waals surface area contributed by atoms with Crippen molar-refractivity contribution in [3.05, 3.63) is 71.3 Å². The van der Waals surface area contributed by atoms with E-state index in [-0.39, 0.29) is 6.54 Å². The van der Waals surface area contributed by atoms with E-state index in [0.29, 0.717) is 5.56 Å². The molecule has 0 saturated heterocycles. The summed E-state index contributed by atoms with van der Waals surface area (Å²) in [5, 5.41) is 2.15. The molecule has 10 heteroatoms. The molecule has 0 atom stereocenters. The largest absolute Gasteiger partial charge is 0.418 e. The van der Waals surface area contributed by atoms with E-state index in [1.54, 1.807) is 6.92 Å².